The summed E-state index contributed by atoms with van der Waals surface area (Å²) in [5.74, 6) is 0.650. The van der Waals surface area contributed by atoms with Gasteiger partial charge in [0.05, 0.1) is 0 Å². The predicted octanol–water partition coefficient (Wildman–Crippen LogP) is 3.99. The molecule has 0 heterocycles. The zero-order valence-corrected chi connectivity index (χ0v) is 13.2. The third-order valence-electron chi connectivity index (χ3n) is 3.57. The standard InChI is InChI=1S/C16H21BrN2O/c17-15-7-3-6-14(12-15)9-11-19-16(20)18-10-8-13-4-1-2-5-13/h3,6-8,10,12-13H,1-2,4-5,9,11H2,(H2,18,19,20)/b10-8+. The first-order chi connectivity index (χ1) is 9.74. The molecule has 1 saturated carbocycles. The molecule has 1 aliphatic carbocycles. The van der Waals surface area contributed by atoms with Crippen molar-refractivity contribution in [2.75, 3.05) is 6.54 Å². The molecule has 20 heavy (non-hydrogen) atoms. The Balaban J connectivity index is 1.62. The number of hydrogen-bond acceptors (Lipinski definition) is 1. The van der Waals surface area contributed by atoms with E-state index >= 15 is 0 Å². The summed E-state index contributed by atoms with van der Waals surface area (Å²) in [5.41, 5.74) is 1.21. The van der Waals surface area contributed by atoms with Crippen LogP contribution in [0, 0.1) is 5.92 Å². The molecule has 4 heteroatoms. The van der Waals surface area contributed by atoms with Crippen molar-refractivity contribution in [1.82, 2.24) is 10.6 Å². The molecule has 0 unspecified atom stereocenters. The number of carbonyl (C=O) groups is 1. The van der Waals surface area contributed by atoms with Crippen LogP contribution in [0.4, 0.5) is 4.79 Å². The Morgan fingerprint density at radius 1 is 1.35 bits per heavy atom. The first-order valence-electron chi connectivity index (χ1n) is 7.19. The van der Waals surface area contributed by atoms with E-state index in [2.05, 4.69) is 44.8 Å². The van der Waals surface area contributed by atoms with E-state index in [1.807, 2.05) is 12.1 Å². The van der Waals surface area contributed by atoms with Crippen molar-refractivity contribution < 1.29 is 4.79 Å². The number of carbonyl (C=O) groups excluding carboxylic acids is 1. The quantitative estimate of drug-likeness (QED) is 0.838. The average Bonchev–Trinajstić information content (AvgIpc) is 2.92. The highest BCUT2D eigenvalue weighted by Crippen LogP contribution is 2.25. The molecule has 0 spiro atoms. The molecule has 0 bridgehead atoms. The molecule has 3 nitrogen and oxygen atoms in total. The van der Waals surface area contributed by atoms with Gasteiger partial charge in [-0.1, -0.05) is 47.0 Å². The molecule has 0 saturated heterocycles. The van der Waals surface area contributed by atoms with Gasteiger partial charge in [-0.2, -0.15) is 0 Å². The van der Waals surface area contributed by atoms with Crippen molar-refractivity contribution in [3.63, 3.8) is 0 Å². The molecule has 0 radical (unpaired) electrons. The van der Waals surface area contributed by atoms with Crippen molar-refractivity contribution in [3.8, 4) is 0 Å². The average molecular weight is 337 g/mol. The predicted molar refractivity (Wildman–Crippen MR) is 85.5 cm³/mol. The van der Waals surface area contributed by atoms with Gasteiger partial charge in [0.25, 0.3) is 0 Å². The molecule has 2 N–H and O–H groups in total. The van der Waals surface area contributed by atoms with Crippen molar-refractivity contribution >= 4 is 22.0 Å². The van der Waals surface area contributed by atoms with Crippen LogP contribution in [-0.2, 0) is 6.42 Å². The van der Waals surface area contributed by atoms with Gasteiger partial charge in [-0.3, -0.25) is 0 Å². The molecule has 2 amide bonds. The maximum atomic E-state index is 11.6. The van der Waals surface area contributed by atoms with Gasteiger partial charge in [-0.05, 0) is 42.9 Å². The Morgan fingerprint density at radius 2 is 2.15 bits per heavy atom. The highest BCUT2D eigenvalue weighted by atomic mass is 79.9. The number of hydrogen-bond donors (Lipinski definition) is 2. The highest BCUT2D eigenvalue weighted by Gasteiger charge is 2.11. The van der Waals surface area contributed by atoms with Gasteiger partial charge in [-0.15, -0.1) is 0 Å². The van der Waals surface area contributed by atoms with Gasteiger partial charge in [0.2, 0.25) is 0 Å². The van der Waals surface area contributed by atoms with Crippen molar-refractivity contribution in [1.29, 1.82) is 0 Å². The molecule has 1 aliphatic rings. The summed E-state index contributed by atoms with van der Waals surface area (Å²) in [7, 11) is 0. The second-order valence-corrected chi connectivity index (χ2v) is 6.10. The Bertz CT molecular complexity index is 467. The lowest BCUT2D eigenvalue weighted by molar-refractivity contribution is 0.244. The number of amides is 2. The lowest BCUT2D eigenvalue weighted by atomic mass is 10.1. The van der Waals surface area contributed by atoms with Crippen LogP contribution >= 0.6 is 15.9 Å². The number of allylic oxidation sites excluding steroid dienone is 1. The summed E-state index contributed by atoms with van der Waals surface area (Å²) >= 11 is 3.44. The molecule has 0 atom stereocenters. The molecule has 0 aromatic heterocycles. The van der Waals surface area contributed by atoms with Gasteiger partial charge in [0.15, 0.2) is 0 Å². The fraction of sp³-hybridized carbons (Fsp3) is 0.438. The van der Waals surface area contributed by atoms with Gasteiger partial charge >= 0.3 is 6.03 Å². The smallest absolute Gasteiger partial charge is 0.318 e. The number of rotatable bonds is 5. The van der Waals surface area contributed by atoms with Crippen LogP contribution in [0.5, 0.6) is 0 Å². The first kappa shape index (κ1) is 15.1. The van der Waals surface area contributed by atoms with E-state index in [0.717, 1.165) is 10.9 Å². The molecular weight excluding hydrogens is 316 g/mol. The van der Waals surface area contributed by atoms with E-state index in [1.165, 1.54) is 31.2 Å². The van der Waals surface area contributed by atoms with Crippen LogP contribution in [0.15, 0.2) is 41.0 Å². The normalized spacial score (nSPS) is 15.7. The third-order valence-corrected chi connectivity index (χ3v) is 4.06. The number of benzene rings is 1. The molecule has 1 fully saturated rings. The molecule has 108 valence electrons. The monoisotopic (exact) mass is 336 g/mol. The Hall–Kier alpha value is -1.29. The molecular formula is C16H21BrN2O. The van der Waals surface area contributed by atoms with Crippen molar-refractivity contribution in [2.45, 2.75) is 32.1 Å². The second kappa shape index (κ2) is 8.10. The molecule has 0 aliphatic heterocycles. The zero-order chi connectivity index (χ0) is 14.2. The Labute approximate surface area is 129 Å². The Morgan fingerprint density at radius 3 is 2.90 bits per heavy atom. The summed E-state index contributed by atoms with van der Waals surface area (Å²) in [6.07, 6.45) is 9.86. The van der Waals surface area contributed by atoms with E-state index in [4.69, 9.17) is 0 Å². The molecule has 2 rings (SSSR count). The van der Waals surface area contributed by atoms with Gasteiger partial charge in [-0.25, -0.2) is 4.79 Å². The molecule has 1 aromatic carbocycles. The zero-order valence-electron chi connectivity index (χ0n) is 11.6. The minimum atomic E-state index is -0.130. The van der Waals surface area contributed by atoms with Crippen LogP contribution in [0.25, 0.3) is 0 Å². The minimum absolute atomic E-state index is 0.130. The largest absolute Gasteiger partial charge is 0.338 e. The van der Waals surface area contributed by atoms with E-state index in [9.17, 15) is 4.79 Å². The Kier molecular flexibility index (Phi) is 6.12. The van der Waals surface area contributed by atoms with Crippen LogP contribution < -0.4 is 10.6 Å². The number of nitrogens with one attached hydrogen (secondary N) is 2. The number of urea groups is 1. The maximum Gasteiger partial charge on any atom is 0.318 e. The fourth-order valence-electron chi connectivity index (χ4n) is 2.47. The van der Waals surface area contributed by atoms with Crippen molar-refractivity contribution in [2.24, 2.45) is 5.92 Å². The van der Waals surface area contributed by atoms with E-state index in [1.54, 1.807) is 6.20 Å². The van der Waals surface area contributed by atoms with E-state index in [0.29, 0.717) is 12.5 Å². The van der Waals surface area contributed by atoms with Crippen LogP contribution in [0.3, 0.4) is 0 Å². The second-order valence-electron chi connectivity index (χ2n) is 5.18. The fourth-order valence-corrected chi connectivity index (χ4v) is 2.92. The first-order valence-corrected chi connectivity index (χ1v) is 7.99. The third kappa shape index (κ3) is 5.37. The SMILES string of the molecule is O=C(N/C=C/C1CCCC1)NCCc1cccc(Br)c1. The van der Waals surface area contributed by atoms with Crippen LogP contribution in [0.1, 0.15) is 31.2 Å². The summed E-state index contributed by atoms with van der Waals surface area (Å²) < 4.78 is 1.07. The summed E-state index contributed by atoms with van der Waals surface area (Å²) in [6, 6.07) is 8.00. The van der Waals surface area contributed by atoms with Gasteiger partial charge < -0.3 is 10.6 Å². The van der Waals surface area contributed by atoms with Crippen LogP contribution in [0.2, 0.25) is 0 Å². The topological polar surface area (TPSA) is 41.1 Å². The summed E-state index contributed by atoms with van der Waals surface area (Å²) in [6.45, 7) is 0.638. The van der Waals surface area contributed by atoms with Crippen molar-refractivity contribution in [3.05, 3.63) is 46.6 Å². The molecule has 1 aromatic rings. The van der Waals surface area contributed by atoms with Crippen LogP contribution in [-0.4, -0.2) is 12.6 Å². The highest BCUT2D eigenvalue weighted by molar-refractivity contribution is 9.10. The number of halogens is 1. The summed E-state index contributed by atoms with van der Waals surface area (Å²) in [5, 5.41) is 5.63. The lowest BCUT2D eigenvalue weighted by Gasteiger charge is -2.06. The van der Waals surface area contributed by atoms with Gasteiger partial charge in [0.1, 0.15) is 0 Å². The minimum Gasteiger partial charge on any atom is -0.338 e. The van der Waals surface area contributed by atoms with Gasteiger partial charge in [0, 0.05) is 17.2 Å². The maximum absolute atomic E-state index is 11.6. The van der Waals surface area contributed by atoms with E-state index in [-0.39, 0.29) is 6.03 Å². The lowest BCUT2D eigenvalue weighted by Crippen LogP contribution is -2.33. The summed E-state index contributed by atoms with van der Waals surface area (Å²) in [4.78, 5) is 11.6. The van der Waals surface area contributed by atoms with E-state index < -0.39 is 0 Å².